The van der Waals surface area contributed by atoms with Gasteiger partial charge >= 0.3 is 6.18 Å². The minimum Gasteiger partial charge on any atom is -0.342 e. The third kappa shape index (κ3) is 4.79. The number of hydrogen-bond donors (Lipinski definition) is 0. The van der Waals surface area contributed by atoms with E-state index in [-0.39, 0.29) is 12.3 Å². The second kappa shape index (κ2) is 7.83. The summed E-state index contributed by atoms with van der Waals surface area (Å²) in [5, 5.41) is 2.45. The third-order valence-electron chi connectivity index (χ3n) is 4.16. The van der Waals surface area contributed by atoms with Crippen molar-refractivity contribution < 1.29 is 18.0 Å². The summed E-state index contributed by atoms with van der Waals surface area (Å²) in [7, 11) is 0. The molecule has 1 aliphatic rings. The molecule has 1 amide bonds. The van der Waals surface area contributed by atoms with Crippen LogP contribution in [0.15, 0.2) is 41.8 Å². The maximum atomic E-state index is 12.8. The van der Waals surface area contributed by atoms with E-state index >= 15 is 0 Å². The molecule has 1 fully saturated rings. The van der Waals surface area contributed by atoms with Crippen LogP contribution in [0, 0.1) is 0 Å². The molecule has 0 bridgehead atoms. The Morgan fingerprint density at radius 3 is 2.76 bits per heavy atom. The van der Waals surface area contributed by atoms with Crippen molar-refractivity contribution in [3.05, 3.63) is 57.8 Å². The van der Waals surface area contributed by atoms with Crippen molar-refractivity contribution in [1.82, 2.24) is 4.90 Å². The van der Waals surface area contributed by atoms with Gasteiger partial charge in [-0.2, -0.15) is 24.9 Å². The van der Waals surface area contributed by atoms with Crippen LogP contribution in [0.1, 0.15) is 27.7 Å². The molecule has 1 saturated heterocycles. The zero-order valence-corrected chi connectivity index (χ0v) is 15.1. The minimum absolute atomic E-state index is 0.0122. The van der Waals surface area contributed by atoms with E-state index in [0.717, 1.165) is 24.3 Å². The zero-order chi connectivity index (χ0) is 17.9. The highest BCUT2D eigenvalue weighted by Gasteiger charge is 2.30. The van der Waals surface area contributed by atoms with E-state index in [1.807, 2.05) is 17.8 Å². The Balaban J connectivity index is 1.62. The van der Waals surface area contributed by atoms with E-state index in [9.17, 15) is 18.0 Å². The molecule has 0 unspecified atom stereocenters. The molecule has 3 rings (SSSR count). The van der Waals surface area contributed by atoms with Crippen LogP contribution in [0.3, 0.4) is 0 Å². The lowest BCUT2D eigenvalue weighted by Gasteiger charge is -2.20. The molecule has 0 saturated carbocycles. The highest BCUT2D eigenvalue weighted by Crippen LogP contribution is 2.36. The first-order valence-electron chi connectivity index (χ1n) is 8.02. The van der Waals surface area contributed by atoms with Crippen molar-refractivity contribution in [2.75, 3.05) is 18.8 Å². The molecule has 1 atom stereocenters. The van der Waals surface area contributed by atoms with Gasteiger partial charge in [0.05, 0.1) is 12.0 Å². The number of halogens is 3. The van der Waals surface area contributed by atoms with Crippen LogP contribution in [-0.4, -0.2) is 29.6 Å². The summed E-state index contributed by atoms with van der Waals surface area (Å²) in [6.45, 7) is 1.29. The second-order valence-electron chi connectivity index (χ2n) is 5.92. The maximum Gasteiger partial charge on any atom is 0.416 e. The van der Waals surface area contributed by atoms with Crippen molar-refractivity contribution in [3.63, 3.8) is 0 Å². The largest absolute Gasteiger partial charge is 0.416 e. The van der Waals surface area contributed by atoms with Gasteiger partial charge in [0, 0.05) is 29.0 Å². The number of nitrogens with zero attached hydrogens (tertiary/aromatic N) is 1. The molecule has 1 aliphatic heterocycles. The predicted molar refractivity (Wildman–Crippen MR) is 95.9 cm³/mol. The number of hydrogen-bond acceptors (Lipinski definition) is 3. The Bertz CT molecular complexity index is 715. The molecular formula is C18H18F3NOS2. The Labute approximate surface area is 153 Å². The summed E-state index contributed by atoms with van der Waals surface area (Å²) in [6.07, 6.45) is -3.50. The summed E-state index contributed by atoms with van der Waals surface area (Å²) in [6, 6.07) is 9.18. The molecule has 2 heterocycles. The number of amides is 1. The summed E-state index contributed by atoms with van der Waals surface area (Å²) in [5.74, 6) is 0.739. The van der Waals surface area contributed by atoms with Crippen molar-refractivity contribution in [1.29, 1.82) is 0 Å². The van der Waals surface area contributed by atoms with E-state index < -0.39 is 11.7 Å². The van der Waals surface area contributed by atoms with Crippen molar-refractivity contribution in [3.8, 4) is 0 Å². The van der Waals surface area contributed by atoms with Gasteiger partial charge in [-0.1, -0.05) is 24.3 Å². The quantitative estimate of drug-likeness (QED) is 0.740. The highest BCUT2D eigenvalue weighted by atomic mass is 32.2. The molecule has 134 valence electrons. The SMILES string of the molecule is O=C(Cc1cccc(C(F)(F)F)c1)N1CCS[C@H](c2cccs2)CC1. The fourth-order valence-corrected chi connectivity index (χ4v) is 5.10. The van der Waals surface area contributed by atoms with E-state index in [1.54, 1.807) is 22.3 Å². The van der Waals surface area contributed by atoms with Crippen molar-refractivity contribution in [2.45, 2.75) is 24.3 Å². The van der Waals surface area contributed by atoms with Crippen LogP contribution < -0.4 is 0 Å². The second-order valence-corrected chi connectivity index (χ2v) is 8.21. The normalized spacial score (nSPS) is 18.8. The third-order valence-corrected chi connectivity index (χ3v) is 6.61. The van der Waals surface area contributed by atoms with Gasteiger partial charge in [-0.15, -0.1) is 11.3 Å². The van der Waals surface area contributed by atoms with Crippen LogP contribution in [0.5, 0.6) is 0 Å². The number of carbonyl (C=O) groups excluding carboxylic acids is 1. The molecule has 0 aliphatic carbocycles. The van der Waals surface area contributed by atoms with Crippen LogP contribution in [0.25, 0.3) is 0 Å². The molecule has 0 radical (unpaired) electrons. The molecule has 1 aromatic carbocycles. The first kappa shape index (κ1) is 18.3. The molecule has 2 nitrogen and oxygen atoms in total. The molecule has 25 heavy (non-hydrogen) atoms. The molecule has 2 aromatic rings. The van der Waals surface area contributed by atoms with Crippen LogP contribution in [0.2, 0.25) is 0 Å². The lowest BCUT2D eigenvalue weighted by molar-refractivity contribution is -0.138. The summed E-state index contributed by atoms with van der Waals surface area (Å²) >= 11 is 3.57. The molecule has 0 N–H and O–H groups in total. The molecule has 7 heteroatoms. The topological polar surface area (TPSA) is 20.3 Å². The van der Waals surface area contributed by atoms with Gasteiger partial charge in [-0.3, -0.25) is 4.79 Å². The van der Waals surface area contributed by atoms with Crippen LogP contribution in [0.4, 0.5) is 13.2 Å². The van der Waals surface area contributed by atoms with Crippen LogP contribution >= 0.6 is 23.1 Å². The molecule has 0 spiro atoms. The van der Waals surface area contributed by atoms with Gasteiger partial charge in [-0.05, 0) is 29.5 Å². The average Bonchev–Trinajstić information content (AvgIpc) is 2.99. The highest BCUT2D eigenvalue weighted by molar-refractivity contribution is 7.99. The first-order chi connectivity index (χ1) is 11.9. The van der Waals surface area contributed by atoms with E-state index in [2.05, 4.69) is 11.4 Å². The number of rotatable bonds is 3. The number of carbonyl (C=O) groups is 1. The lowest BCUT2D eigenvalue weighted by atomic mass is 10.1. The summed E-state index contributed by atoms with van der Waals surface area (Å²) < 4.78 is 38.4. The Hall–Kier alpha value is -1.47. The van der Waals surface area contributed by atoms with Gasteiger partial charge in [-0.25, -0.2) is 0 Å². The van der Waals surface area contributed by atoms with Crippen molar-refractivity contribution >= 4 is 29.0 Å². The maximum absolute atomic E-state index is 12.8. The number of alkyl halides is 3. The first-order valence-corrected chi connectivity index (χ1v) is 9.95. The monoisotopic (exact) mass is 385 g/mol. The fourth-order valence-electron chi connectivity index (χ4n) is 2.87. The summed E-state index contributed by atoms with van der Waals surface area (Å²) in [5.41, 5.74) is -0.298. The van der Waals surface area contributed by atoms with Crippen LogP contribution in [-0.2, 0) is 17.4 Å². The predicted octanol–water partition coefficient (Wildman–Crippen LogP) is 5.02. The van der Waals surface area contributed by atoms with Gasteiger partial charge in [0.25, 0.3) is 0 Å². The zero-order valence-electron chi connectivity index (χ0n) is 13.5. The Morgan fingerprint density at radius 1 is 1.20 bits per heavy atom. The Kier molecular flexibility index (Phi) is 5.74. The Morgan fingerprint density at radius 2 is 2.04 bits per heavy atom. The minimum atomic E-state index is -4.38. The number of thiophene rings is 1. The summed E-state index contributed by atoms with van der Waals surface area (Å²) in [4.78, 5) is 15.6. The smallest absolute Gasteiger partial charge is 0.342 e. The van der Waals surface area contributed by atoms with Gasteiger partial charge in [0.2, 0.25) is 5.91 Å². The van der Waals surface area contributed by atoms with Gasteiger partial charge in [0.15, 0.2) is 0 Å². The van der Waals surface area contributed by atoms with Crippen molar-refractivity contribution in [2.24, 2.45) is 0 Å². The standard InChI is InChI=1S/C18H18F3NOS2/c19-18(20,21)14-4-1-3-13(11-14)12-17(23)22-7-6-16(25-10-8-22)15-5-2-9-24-15/h1-5,9,11,16H,6-8,10,12H2/t16-/m0/s1. The average molecular weight is 385 g/mol. The lowest BCUT2D eigenvalue weighted by Crippen LogP contribution is -2.34. The molecule has 1 aromatic heterocycles. The fraction of sp³-hybridized carbons (Fsp3) is 0.389. The number of benzene rings is 1. The van der Waals surface area contributed by atoms with Gasteiger partial charge < -0.3 is 4.90 Å². The van der Waals surface area contributed by atoms with E-state index in [4.69, 9.17) is 0 Å². The molecular weight excluding hydrogens is 367 g/mol. The van der Waals surface area contributed by atoms with E-state index in [1.165, 1.54) is 10.9 Å². The van der Waals surface area contributed by atoms with E-state index in [0.29, 0.717) is 23.9 Å². The number of thioether (sulfide) groups is 1. The van der Waals surface area contributed by atoms with Gasteiger partial charge in [0.1, 0.15) is 0 Å².